The highest BCUT2D eigenvalue weighted by molar-refractivity contribution is 5.18. The molecule has 2 saturated heterocycles. The molecule has 2 heterocycles. The predicted octanol–water partition coefficient (Wildman–Crippen LogP) is 3.05. The van der Waals surface area contributed by atoms with E-state index in [1.807, 2.05) is 6.92 Å². The highest BCUT2D eigenvalue weighted by atomic mass is 19.1. The summed E-state index contributed by atoms with van der Waals surface area (Å²) in [5.41, 5.74) is -0.487. The van der Waals surface area contributed by atoms with Crippen LogP contribution >= 0.6 is 0 Å². The van der Waals surface area contributed by atoms with Gasteiger partial charge < -0.3 is 14.6 Å². The molecule has 2 aliphatic heterocycles. The average Bonchev–Trinajstić information content (AvgIpc) is 2.90. The standard InChI is InChI=1S/C17H23FO3/c1-11(2)17-9-8-16(3,21-17)15(14(17)19)20-10-12-6-4-5-7-13(12)18/h4-7,11,14-15,19H,8-10H2,1-3H3/t14-,15-,16+,17+/m1/s1. The molecule has 0 aromatic heterocycles. The molecular weight excluding hydrogens is 271 g/mol. The van der Waals surface area contributed by atoms with Crippen LogP contribution in [0.15, 0.2) is 24.3 Å². The minimum Gasteiger partial charge on any atom is -0.387 e. The Kier molecular flexibility index (Phi) is 3.59. The number of ether oxygens (including phenoxy) is 2. The van der Waals surface area contributed by atoms with Crippen LogP contribution in [0, 0.1) is 11.7 Å². The lowest BCUT2D eigenvalue weighted by Crippen LogP contribution is -2.51. The SMILES string of the molecule is CC(C)[C@]12CC[C@](C)(O1)[C@H](OCc1ccccc1F)[C@H]2O. The molecule has 2 aliphatic rings. The molecule has 4 heteroatoms. The average molecular weight is 294 g/mol. The number of hydrogen-bond acceptors (Lipinski definition) is 3. The maximum Gasteiger partial charge on any atom is 0.128 e. The van der Waals surface area contributed by atoms with E-state index in [0.717, 1.165) is 12.8 Å². The first-order valence-corrected chi connectivity index (χ1v) is 7.62. The van der Waals surface area contributed by atoms with Gasteiger partial charge in [0.1, 0.15) is 18.0 Å². The lowest BCUT2D eigenvalue weighted by molar-refractivity contribution is -0.0980. The van der Waals surface area contributed by atoms with Gasteiger partial charge in [0.05, 0.1) is 17.8 Å². The molecule has 0 aliphatic carbocycles. The van der Waals surface area contributed by atoms with Crippen molar-refractivity contribution in [2.24, 2.45) is 5.92 Å². The molecule has 4 atom stereocenters. The molecule has 2 bridgehead atoms. The summed E-state index contributed by atoms with van der Waals surface area (Å²) in [4.78, 5) is 0. The molecular formula is C17H23FO3. The minimum atomic E-state index is -0.664. The van der Waals surface area contributed by atoms with Crippen molar-refractivity contribution < 1.29 is 19.0 Å². The van der Waals surface area contributed by atoms with Gasteiger partial charge in [0.2, 0.25) is 0 Å². The molecule has 21 heavy (non-hydrogen) atoms. The Morgan fingerprint density at radius 1 is 1.38 bits per heavy atom. The molecule has 0 amide bonds. The van der Waals surface area contributed by atoms with E-state index in [4.69, 9.17) is 9.47 Å². The molecule has 0 spiro atoms. The summed E-state index contributed by atoms with van der Waals surface area (Å²) in [5.74, 6) is -0.0591. The van der Waals surface area contributed by atoms with Gasteiger partial charge in [-0.15, -0.1) is 0 Å². The van der Waals surface area contributed by atoms with Crippen molar-refractivity contribution in [1.29, 1.82) is 0 Å². The number of rotatable bonds is 4. The summed E-state index contributed by atoms with van der Waals surface area (Å²) < 4.78 is 25.7. The third kappa shape index (κ3) is 2.20. The van der Waals surface area contributed by atoms with Gasteiger partial charge in [-0.05, 0) is 31.7 Å². The van der Waals surface area contributed by atoms with Crippen LogP contribution in [0.25, 0.3) is 0 Å². The normalized spacial score (nSPS) is 38.4. The second-order valence-corrected chi connectivity index (χ2v) is 6.79. The Balaban J connectivity index is 1.76. The van der Waals surface area contributed by atoms with Gasteiger partial charge in [-0.1, -0.05) is 32.0 Å². The van der Waals surface area contributed by atoms with Gasteiger partial charge >= 0.3 is 0 Å². The van der Waals surface area contributed by atoms with Gasteiger partial charge in [0, 0.05) is 5.56 Å². The Bertz CT molecular complexity index is 533. The first-order chi connectivity index (χ1) is 9.89. The van der Waals surface area contributed by atoms with E-state index in [9.17, 15) is 9.50 Å². The van der Waals surface area contributed by atoms with E-state index < -0.39 is 23.4 Å². The molecule has 2 fully saturated rings. The minimum absolute atomic E-state index is 0.154. The molecule has 3 rings (SSSR count). The summed E-state index contributed by atoms with van der Waals surface area (Å²) in [5, 5.41) is 10.7. The summed E-state index contributed by atoms with van der Waals surface area (Å²) in [6, 6.07) is 6.57. The fourth-order valence-electron chi connectivity index (χ4n) is 3.79. The zero-order chi connectivity index (χ0) is 15.3. The van der Waals surface area contributed by atoms with Crippen LogP contribution in [0.2, 0.25) is 0 Å². The molecule has 0 saturated carbocycles. The fraction of sp³-hybridized carbons (Fsp3) is 0.647. The zero-order valence-corrected chi connectivity index (χ0v) is 12.8. The summed E-state index contributed by atoms with van der Waals surface area (Å²) in [6.45, 7) is 6.27. The lowest BCUT2D eigenvalue weighted by Gasteiger charge is -2.36. The number of hydrogen-bond donors (Lipinski definition) is 1. The summed E-state index contributed by atoms with van der Waals surface area (Å²) in [6.07, 6.45) is 0.641. The van der Waals surface area contributed by atoms with Gasteiger partial charge in [0.15, 0.2) is 0 Å². The largest absolute Gasteiger partial charge is 0.387 e. The van der Waals surface area contributed by atoms with Gasteiger partial charge in [0.25, 0.3) is 0 Å². The third-order valence-electron chi connectivity index (χ3n) is 5.18. The molecule has 1 aromatic carbocycles. The zero-order valence-electron chi connectivity index (χ0n) is 12.8. The molecule has 3 nitrogen and oxygen atoms in total. The number of fused-ring (bicyclic) bond motifs is 2. The maximum absolute atomic E-state index is 13.7. The van der Waals surface area contributed by atoms with Gasteiger partial charge in [-0.3, -0.25) is 0 Å². The van der Waals surface area contributed by atoms with Crippen molar-refractivity contribution in [3.8, 4) is 0 Å². The van der Waals surface area contributed by atoms with Crippen LogP contribution in [0.1, 0.15) is 39.2 Å². The van der Waals surface area contributed by atoms with E-state index in [2.05, 4.69) is 13.8 Å². The second-order valence-electron chi connectivity index (χ2n) is 6.79. The van der Waals surface area contributed by atoms with E-state index >= 15 is 0 Å². The molecule has 0 unspecified atom stereocenters. The molecule has 1 aromatic rings. The maximum atomic E-state index is 13.7. The van der Waals surface area contributed by atoms with Gasteiger partial charge in [-0.25, -0.2) is 4.39 Å². The van der Waals surface area contributed by atoms with Crippen LogP contribution in [-0.2, 0) is 16.1 Å². The number of aliphatic hydroxyl groups is 1. The monoisotopic (exact) mass is 294 g/mol. The fourth-order valence-corrected chi connectivity index (χ4v) is 3.79. The van der Waals surface area contributed by atoms with Crippen molar-refractivity contribution in [2.45, 2.75) is 63.6 Å². The second kappa shape index (κ2) is 5.04. The smallest absolute Gasteiger partial charge is 0.128 e. The highest BCUT2D eigenvalue weighted by Gasteiger charge is 2.66. The van der Waals surface area contributed by atoms with Crippen molar-refractivity contribution in [3.63, 3.8) is 0 Å². The van der Waals surface area contributed by atoms with Crippen molar-refractivity contribution in [2.75, 3.05) is 0 Å². The Labute approximate surface area is 125 Å². The summed E-state index contributed by atoms with van der Waals surface area (Å²) >= 11 is 0. The molecule has 116 valence electrons. The Morgan fingerprint density at radius 3 is 2.71 bits per heavy atom. The third-order valence-corrected chi connectivity index (χ3v) is 5.18. The quantitative estimate of drug-likeness (QED) is 0.927. The Hall–Kier alpha value is -0.970. The van der Waals surface area contributed by atoms with Crippen LogP contribution < -0.4 is 0 Å². The topological polar surface area (TPSA) is 38.7 Å². The predicted molar refractivity (Wildman–Crippen MR) is 77.3 cm³/mol. The van der Waals surface area contributed by atoms with E-state index in [1.165, 1.54) is 6.07 Å². The van der Waals surface area contributed by atoms with Crippen molar-refractivity contribution in [3.05, 3.63) is 35.6 Å². The highest BCUT2D eigenvalue weighted by Crippen LogP contribution is 2.55. The van der Waals surface area contributed by atoms with Crippen LogP contribution in [0.4, 0.5) is 4.39 Å². The Morgan fingerprint density at radius 2 is 2.10 bits per heavy atom. The molecule has 1 N–H and O–H groups in total. The van der Waals surface area contributed by atoms with E-state index in [0.29, 0.717) is 5.56 Å². The number of benzene rings is 1. The number of halogens is 1. The number of aliphatic hydroxyl groups excluding tert-OH is 1. The van der Waals surface area contributed by atoms with E-state index in [-0.39, 0.29) is 18.3 Å². The van der Waals surface area contributed by atoms with Crippen molar-refractivity contribution >= 4 is 0 Å². The first kappa shape index (κ1) is 14.9. The van der Waals surface area contributed by atoms with Crippen LogP contribution in [-0.4, -0.2) is 28.5 Å². The molecule has 0 radical (unpaired) electrons. The first-order valence-electron chi connectivity index (χ1n) is 7.62. The van der Waals surface area contributed by atoms with E-state index in [1.54, 1.807) is 18.2 Å². The van der Waals surface area contributed by atoms with Crippen LogP contribution in [0.5, 0.6) is 0 Å². The van der Waals surface area contributed by atoms with Crippen LogP contribution in [0.3, 0.4) is 0 Å². The summed E-state index contributed by atoms with van der Waals surface area (Å²) in [7, 11) is 0. The lowest BCUT2D eigenvalue weighted by atomic mass is 9.73. The van der Waals surface area contributed by atoms with Crippen molar-refractivity contribution in [1.82, 2.24) is 0 Å². The van der Waals surface area contributed by atoms with Gasteiger partial charge in [-0.2, -0.15) is 0 Å².